The van der Waals surface area contributed by atoms with E-state index in [0.29, 0.717) is 17.0 Å². The zero-order chi connectivity index (χ0) is 18.3. The smallest absolute Gasteiger partial charge is 0.271 e. The zero-order valence-corrected chi connectivity index (χ0v) is 14.6. The Morgan fingerprint density at radius 2 is 1.73 bits per heavy atom. The summed E-state index contributed by atoms with van der Waals surface area (Å²) in [6, 6.07) is 9.61. The van der Waals surface area contributed by atoms with Crippen LogP contribution in [-0.4, -0.2) is 38.6 Å². The van der Waals surface area contributed by atoms with Gasteiger partial charge in [-0.15, -0.1) is 0 Å². The van der Waals surface area contributed by atoms with E-state index < -0.39 is 26.6 Å². The summed E-state index contributed by atoms with van der Waals surface area (Å²) in [5.74, 6) is -1.78. The van der Waals surface area contributed by atoms with Gasteiger partial charge in [0, 0.05) is 43.4 Å². The number of piperazine rings is 1. The van der Waals surface area contributed by atoms with Crippen LogP contribution in [0.1, 0.15) is 0 Å². The number of aromatic nitrogens is 1. The molecule has 2 aromatic carbocycles. The van der Waals surface area contributed by atoms with Gasteiger partial charge in [-0.1, -0.05) is 6.07 Å². The molecule has 1 aliphatic rings. The van der Waals surface area contributed by atoms with Crippen molar-refractivity contribution in [3.8, 4) is 0 Å². The second-order valence-electron chi connectivity index (χ2n) is 6.17. The fourth-order valence-electron chi connectivity index (χ4n) is 3.20. The summed E-state index contributed by atoms with van der Waals surface area (Å²) in [6.45, 7) is 3.34. The number of nitrogens with one attached hydrogen (secondary N) is 1. The van der Waals surface area contributed by atoms with Crippen molar-refractivity contribution in [2.75, 3.05) is 31.1 Å². The van der Waals surface area contributed by atoms with E-state index in [-0.39, 0.29) is 0 Å². The van der Waals surface area contributed by atoms with Gasteiger partial charge in [-0.25, -0.2) is 21.2 Å². The fourth-order valence-corrected chi connectivity index (χ4v) is 4.63. The summed E-state index contributed by atoms with van der Waals surface area (Å²) >= 11 is 0. The highest BCUT2D eigenvalue weighted by Gasteiger charge is 2.24. The summed E-state index contributed by atoms with van der Waals surface area (Å²) < 4.78 is 54.4. The van der Waals surface area contributed by atoms with Gasteiger partial charge in [0.25, 0.3) is 10.0 Å². The summed E-state index contributed by atoms with van der Waals surface area (Å²) in [5.41, 5.74) is 1.33. The Morgan fingerprint density at radius 3 is 2.50 bits per heavy atom. The van der Waals surface area contributed by atoms with Crippen LogP contribution < -0.4 is 10.2 Å². The minimum absolute atomic E-state index is 0.435. The Hall–Kier alpha value is -2.45. The Labute approximate surface area is 149 Å². The lowest BCUT2D eigenvalue weighted by atomic mass is 10.2. The van der Waals surface area contributed by atoms with Crippen molar-refractivity contribution in [1.82, 2.24) is 9.29 Å². The van der Waals surface area contributed by atoms with Gasteiger partial charge in [-0.3, -0.25) is 0 Å². The number of rotatable bonds is 3. The van der Waals surface area contributed by atoms with Crippen molar-refractivity contribution in [3.63, 3.8) is 0 Å². The Balaban J connectivity index is 1.84. The predicted octanol–water partition coefficient (Wildman–Crippen LogP) is 2.57. The Morgan fingerprint density at radius 1 is 0.962 bits per heavy atom. The molecule has 3 aromatic rings. The summed E-state index contributed by atoms with van der Waals surface area (Å²) in [4.78, 5) is 1.48. The Kier molecular flexibility index (Phi) is 4.16. The maximum atomic E-state index is 14.1. The third kappa shape index (κ3) is 2.85. The topological polar surface area (TPSA) is 54.3 Å². The van der Waals surface area contributed by atoms with Crippen LogP contribution in [0.15, 0.2) is 53.6 Å². The summed E-state index contributed by atoms with van der Waals surface area (Å²) in [6.07, 6.45) is 1.37. The first kappa shape index (κ1) is 17.0. The van der Waals surface area contributed by atoms with E-state index in [1.54, 1.807) is 12.1 Å². The molecule has 5 nitrogen and oxygen atoms in total. The fraction of sp³-hybridized carbons (Fsp3) is 0.222. The molecule has 2 heterocycles. The van der Waals surface area contributed by atoms with Gasteiger partial charge in [-0.2, -0.15) is 0 Å². The number of halogens is 2. The number of hydrogen-bond donors (Lipinski definition) is 1. The molecule has 0 unspecified atom stereocenters. The first-order valence-corrected chi connectivity index (χ1v) is 9.68. The lowest BCUT2D eigenvalue weighted by molar-refractivity contribution is 0.549. The predicted molar refractivity (Wildman–Crippen MR) is 96.0 cm³/mol. The quantitative estimate of drug-likeness (QED) is 0.762. The van der Waals surface area contributed by atoms with Crippen LogP contribution in [0, 0.1) is 11.6 Å². The molecule has 1 aromatic heterocycles. The molecule has 0 spiro atoms. The van der Waals surface area contributed by atoms with E-state index in [4.69, 9.17) is 0 Å². The van der Waals surface area contributed by atoms with E-state index in [9.17, 15) is 17.2 Å². The molecule has 0 bridgehead atoms. The molecule has 0 saturated carbocycles. The van der Waals surface area contributed by atoms with Gasteiger partial charge in [-0.05, 0) is 36.4 Å². The molecular weight excluding hydrogens is 360 g/mol. The minimum Gasteiger partial charge on any atom is -0.369 e. The van der Waals surface area contributed by atoms with Crippen LogP contribution in [0.25, 0.3) is 10.9 Å². The molecule has 1 aliphatic heterocycles. The van der Waals surface area contributed by atoms with Crippen LogP contribution in [0.5, 0.6) is 0 Å². The second kappa shape index (κ2) is 6.37. The Bertz CT molecular complexity index is 1070. The van der Waals surface area contributed by atoms with Crippen LogP contribution in [-0.2, 0) is 10.0 Å². The number of anilines is 1. The standard InChI is InChI=1S/C18H17F2N3O2S/c19-14-2-4-16(20)18(11-14)26(24,25)23-8-5-13-1-3-15(12-17(13)23)22-9-6-21-7-10-22/h1-5,8,11-12,21H,6-7,9-10H2. The van der Waals surface area contributed by atoms with Crippen LogP contribution in [0.2, 0.25) is 0 Å². The van der Waals surface area contributed by atoms with E-state index in [1.807, 2.05) is 12.1 Å². The molecule has 1 N–H and O–H groups in total. The van der Waals surface area contributed by atoms with Gasteiger partial charge in [0.2, 0.25) is 0 Å². The van der Waals surface area contributed by atoms with E-state index in [1.165, 1.54) is 6.20 Å². The number of nitrogens with zero attached hydrogens (tertiary/aromatic N) is 2. The summed E-state index contributed by atoms with van der Waals surface area (Å²) in [7, 11) is -4.25. The van der Waals surface area contributed by atoms with Gasteiger partial charge in [0.1, 0.15) is 16.5 Å². The van der Waals surface area contributed by atoms with Crippen molar-refractivity contribution in [1.29, 1.82) is 0 Å². The van der Waals surface area contributed by atoms with E-state index in [0.717, 1.165) is 48.0 Å². The molecule has 0 radical (unpaired) electrons. The van der Waals surface area contributed by atoms with Crippen molar-refractivity contribution in [2.45, 2.75) is 4.90 Å². The molecule has 0 aliphatic carbocycles. The average Bonchev–Trinajstić information content (AvgIpc) is 3.08. The van der Waals surface area contributed by atoms with Gasteiger partial charge in [0.15, 0.2) is 0 Å². The normalized spacial score (nSPS) is 15.5. The first-order valence-electron chi connectivity index (χ1n) is 8.24. The highest BCUT2D eigenvalue weighted by Crippen LogP contribution is 2.28. The van der Waals surface area contributed by atoms with Gasteiger partial charge < -0.3 is 10.2 Å². The minimum atomic E-state index is -4.25. The average molecular weight is 377 g/mol. The van der Waals surface area contributed by atoms with Gasteiger partial charge >= 0.3 is 0 Å². The molecule has 1 fully saturated rings. The SMILES string of the molecule is O=S(=O)(c1cc(F)ccc1F)n1ccc2ccc(N3CCNCC3)cc21. The molecule has 26 heavy (non-hydrogen) atoms. The van der Waals surface area contributed by atoms with E-state index in [2.05, 4.69) is 10.2 Å². The van der Waals surface area contributed by atoms with E-state index >= 15 is 0 Å². The number of fused-ring (bicyclic) bond motifs is 1. The summed E-state index contributed by atoms with van der Waals surface area (Å²) in [5, 5.41) is 3.98. The van der Waals surface area contributed by atoms with Crippen molar-refractivity contribution >= 4 is 26.6 Å². The maximum Gasteiger partial charge on any atom is 0.271 e. The molecule has 0 atom stereocenters. The lowest BCUT2D eigenvalue weighted by Crippen LogP contribution is -2.43. The largest absolute Gasteiger partial charge is 0.369 e. The monoisotopic (exact) mass is 377 g/mol. The first-order chi connectivity index (χ1) is 12.5. The highest BCUT2D eigenvalue weighted by atomic mass is 32.2. The van der Waals surface area contributed by atoms with Crippen LogP contribution >= 0.6 is 0 Å². The molecule has 4 rings (SSSR count). The zero-order valence-electron chi connectivity index (χ0n) is 13.8. The second-order valence-corrected chi connectivity index (χ2v) is 7.95. The number of hydrogen-bond acceptors (Lipinski definition) is 4. The molecule has 0 amide bonds. The van der Waals surface area contributed by atoms with Crippen molar-refractivity contribution in [2.24, 2.45) is 0 Å². The third-order valence-corrected chi connectivity index (χ3v) is 6.26. The molecular formula is C18H17F2N3O2S. The molecule has 136 valence electrons. The molecule has 8 heteroatoms. The van der Waals surface area contributed by atoms with Gasteiger partial charge in [0.05, 0.1) is 5.52 Å². The van der Waals surface area contributed by atoms with Crippen LogP contribution in [0.4, 0.5) is 14.5 Å². The van der Waals surface area contributed by atoms with Crippen molar-refractivity contribution < 1.29 is 17.2 Å². The highest BCUT2D eigenvalue weighted by molar-refractivity contribution is 7.90. The van der Waals surface area contributed by atoms with Crippen molar-refractivity contribution in [3.05, 3.63) is 60.3 Å². The maximum absolute atomic E-state index is 14.1. The molecule has 1 saturated heterocycles. The third-order valence-electron chi connectivity index (χ3n) is 4.55. The number of benzene rings is 2. The lowest BCUT2D eigenvalue weighted by Gasteiger charge is -2.29. The van der Waals surface area contributed by atoms with Crippen LogP contribution in [0.3, 0.4) is 0 Å².